The predicted octanol–water partition coefficient (Wildman–Crippen LogP) is 0.0987. The van der Waals surface area contributed by atoms with Crippen LogP contribution in [-0.2, 0) is 0 Å². The van der Waals surface area contributed by atoms with E-state index < -0.39 is 0 Å². The Morgan fingerprint density at radius 1 is 1.56 bits per heavy atom. The average molecular weight is 126 g/mol. The molecule has 3 atom stereocenters. The van der Waals surface area contributed by atoms with Crippen molar-refractivity contribution in [2.24, 2.45) is 0 Å². The monoisotopic (exact) mass is 126 g/mol. The second-order valence-electron chi connectivity index (χ2n) is 3.11. The first-order valence-corrected chi connectivity index (χ1v) is 3.89. The maximum atomic E-state index is 3.49. The quantitative estimate of drug-likeness (QED) is 0.548. The molecule has 1 saturated carbocycles. The van der Waals surface area contributed by atoms with Crippen molar-refractivity contribution in [2.45, 2.75) is 37.9 Å². The highest BCUT2D eigenvalue weighted by molar-refractivity contribution is 5.06. The minimum atomic E-state index is 0.792. The van der Waals surface area contributed by atoms with E-state index in [0.29, 0.717) is 0 Å². The molecule has 1 aliphatic carbocycles. The first-order chi connectivity index (χ1) is 4.40. The topological polar surface area (TPSA) is 24.1 Å². The van der Waals surface area contributed by atoms with Gasteiger partial charge in [-0.1, -0.05) is 6.92 Å². The van der Waals surface area contributed by atoms with E-state index >= 15 is 0 Å². The highest BCUT2D eigenvalue weighted by Crippen LogP contribution is 2.29. The first-order valence-electron chi connectivity index (χ1n) is 3.89. The molecule has 0 amide bonds. The fourth-order valence-corrected chi connectivity index (χ4v) is 1.99. The highest BCUT2D eigenvalue weighted by Gasteiger charge is 2.42. The zero-order chi connectivity index (χ0) is 6.27. The Morgan fingerprint density at radius 2 is 2.33 bits per heavy atom. The van der Waals surface area contributed by atoms with Crippen LogP contribution in [0.25, 0.3) is 0 Å². The standard InChI is InChI=1S/C7H14N2/c1-2-8-6-3-5-4-7(6)9-5/h5-9H,2-4H2,1H3. The molecule has 3 unspecified atom stereocenters. The molecule has 9 heavy (non-hydrogen) atoms. The summed E-state index contributed by atoms with van der Waals surface area (Å²) in [6.07, 6.45) is 2.77. The van der Waals surface area contributed by atoms with Gasteiger partial charge in [0.15, 0.2) is 0 Å². The van der Waals surface area contributed by atoms with Crippen LogP contribution in [0.4, 0.5) is 0 Å². The molecule has 2 saturated heterocycles. The highest BCUT2D eigenvalue weighted by atomic mass is 15.1. The van der Waals surface area contributed by atoms with Gasteiger partial charge in [-0.15, -0.1) is 0 Å². The molecule has 2 heteroatoms. The van der Waals surface area contributed by atoms with E-state index in [-0.39, 0.29) is 0 Å². The molecule has 0 aromatic heterocycles. The van der Waals surface area contributed by atoms with Crippen LogP contribution in [0, 0.1) is 0 Å². The minimum absolute atomic E-state index is 0.792. The molecule has 52 valence electrons. The fraction of sp³-hybridized carbons (Fsp3) is 1.00. The maximum Gasteiger partial charge on any atom is 0.0239 e. The van der Waals surface area contributed by atoms with Crippen LogP contribution in [-0.4, -0.2) is 24.7 Å². The Labute approximate surface area is 56.0 Å². The van der Waals surface area contributed by atoms with E-state index in [0.717, 1.165) is 24.7 Å². The van der Waals surface area contributed by atoms with Gasteiger partial charge in [-0.2, -0.15) is 0 Å². The second kappa shape index (κ2) is 1.96. The summed E-state index contributed by atoms with van der Waals surface area (Å²) in [7, 11) is 0. The molecule has 0 spiro atoms. The lowest BCUT2D eigenvalue weighted by atomic mass is 10.1. The summed E-state index contributed by atoms with van der Waals surface area (Å²) in [6, 6.07) is 2.47. The molecule has 2 N–H and O–H groups in total. The van der Waals surface area contributed by atoms with Gasteiger partial charge in [0.2, 0.25) is 0 Å². The Hall–Kier alpha value is -0.0800. The SMILES string of the molecule is CCNC1CC2CC1N2. The summed E-state index contributed by atoms with van der Waals surface area (Å²) in [6.45, 7) is 3.30. The Morgan fingerprint density at radius 3 is 2.78 bits per heavy atom. The summed E-state index contributed by atoms with van der Waals surface area (Å²) < 4.78 is 0. The molecule has 2 heterocycles. The van der Waals surface area contributed by atoms with Gasteiger partial charge < -0.3 is 10.6 Å². The van der Waals surface area contributed by atoms with Crippen LogP contribution in [0.2, 0.25) is 0 Å². The molecular weight excluding hydrogens is 112 g/mol. The van der Waals surface area contributed by atoms with Crippen LogP contribution in [0.15, 0.2) is 0 Å². The van der Waals surface area contributed by atoms with Gasteiger partial charge in [-0.3, -0.25) is 0 Å². The summed E-state index contributed by atoms with van der Waals surface area (Å²) in [5.74, 6) is 0. The van der Waals surface area contributed by atoms with Crippen LogP contribution in [0.5, 0.6) is 0 Å². The molecular formula is C7H14N2. The summed E-state index contributed by atoms with van der Waals surface area (Å²) in [5, 5.41) is 6.96. The zero-order valence-corrected chi connectivity index (χ0v) is 5.85. The van der Waals surface area contributed by atoms with Crippen molar-refractivity contribution in [2.75, 3.05) is 6.54 Å². The first kappa shape index (κ1) is 5.69. The molecule has 2 bridgehead atoms. The third-order valence-corrected chi connectivity index (χ3v) is 2.48. The van der Waals surface area contributed by atoms with Crippen LogP contribution < -0.4 is 10.6 Å². The van der Waals surface area contributed by atoms with E-state index in [4.69, 9.17) is 0 Å². The van der Waals surface area contributed by atoms with Crippen molar-refractivity contribution in [3.05, 3.63) is 0 Å². The minimum Gasteiger partial charge on any atom is -0.313 e. The van der Waals surface area contributed by atoms with Crippen molar-refractivity contribution in [1.29, 1.82) is 0 Å². The van der Waals surface area contributed by atoms with Gasteiger partial charge in [0.1, 0.15) is 0 Å². The van der Waals surface area contributed by atoms with E-state index in [9.17, 15) is 0 Å². The van der Waals surface area contributed by atoms with Gasteiger partial charge >= 0.3 is 0 Å². The van der Waals surface area contributed by atoms with E-state index in [1.165, 1.54) is 12.8 Å². The molecule has 3 aliphatic rings. The van der Waals surface area contributed by atoms with Crippen molar-refractivity contribution in [3.63, 3.8) is 0 Å². The smallest absolute Gasteiger partial charge is 0.0239 e. The Kier molecular flexibility index (Phi) is 1.24. The van der Waals surface area contributed by atoms with Crippen LogP contribution >= 0.6 is 0 Å². The van der Waals surface area contributed by atoms with E-state index in [1.807, 2.05) is 0 Å². The summed E-state index contributed by atoms with van der Waals surface area (Å²) in [5.41, 5.74) is 0. The molecule has 3 rings (SSSR count). The second-order valence-corrected chi connectivity index (χ2v) is 3.11. The third-order valence-electron chi connectivity index (χ3n) is 2.48. The Bertz CT molecular complexity index is 107. The lowest BCUT2D eigenvalue weighted by Gasteiger charge is -2.27. The van der Waals surface area contributed by atoms with Crippen molar-refractivity contribution < 1.29 is 0 Å². The molecule has 0 aromatic carbocycles. The van der Waals surface area contributed by atoms with Gasteiger partial charge in [-0.25, -0.2) is 0 Å². The average Bonchev–Trinajstić information content (AvgIpc) is 2.20. The van der Waals surface area contributed by atoms with Crippen molar-refractivity contribution in [1.82, 2.24) is 10.6 Å². The summed E-state index contributed by atoms with van der Waals surface area (Å²) >= 11 is 0. The van der Waals surface area contributed by atoms with Gasteiger partial charge in [0, 0.05) is 18.1 Å². The zero-order valence-electron chi connectivity index (χ0n) is 5.85. The molecule has 2 nitrogen and oxygen atoms in total. The van der Waals surface area contributed by atoms with E-state index in [1.54, 1.807) is 0 Å². The number of fused-ring (bicyclic) bond motifs is 1. The molecule has 0 radical (unpaired) electrons. The number of rotatable bonds is 2. The molecule has 2 aliphatic heterocycles. The van der Waals surface area contributed by atoms with Crippen molar-refractivity contribution >= 4 is 0 Å². The number of nitrogens with one attached hydrogen (secondary N) is 2. The fourth-order valence-electron chi connectivity index (χ4n) is 1.99. The lowest BCUT2D eigenvalue weighted by Crippen LogP contribution is -2.49. The predicted molar refractivity (Wildman–Crippen MR) is 37.4 cm³/mol. The van der Waals surface area contributed by atoms with Crippen LogP contribution in [0.1, 0.15) is 19.8 Å². The summed E-state index contributed by atoms with van der Waals surface area (Å²) in [4.78, 5) is 0. The Balaban J connectivity index is 1.86. The van der Waals surface area contributed by atoms with Crippen LogP contribution in [0.3, 0.4) is 0 Å². The maximum absolute atomic E-state index is 3.49. The van der Waals surface area contributed by atoms with E-state index in [2.05, 4.69) is 17.6 Å². The third kappa shape index (κ3) is 0.775. The van der Waals surface area contributed by atoms with Gasteiger partial charge in [-0.05, 0) is 19.4 Å². The largest absolute Gasteiger partial charge is 0.313 e. The molecule has 3 fully saturated rings. The number of hydrogen-bond donors (Lipinski definition) is 2. The molecule has 0 aromatic rings. The normalized spacial score (nSPS) is 47.0. The number of likely N-dealkylation sites (N-methyl/N-ethyl adjacent to an activating group) is 1. The lowest BCUT2D eigenvalue weighted by molar-refractivity contribution is 0.346. The van der Waals surface area contributed by atoms with Gasteiger partial charge in [0.05, 0.1) is 0 Å². The number of hydrogen-bond acceptors (Lipinski definition) is 2. The van der Waals surface area contributed by atoms with Gasteiger partial charge in [0.25, 0.3) is 0 Å². The van der Waals surface area contributed by atoms with Crippen molar-refractivity contribution in [3.8, 4) is 0 Å².